The average Bonchev–Trinajstić information content (AvgIpc) is 2.85. The van der Waals surface area contributed by atoms with Crippen LogP contribution in [0.25, 0.3) is 0 Å². The van der Waals surface area contributed by atoms with Gasteiger partial charge in [0.05, 0.1) is 6.10 Å². The molecule has 1 aromatic carbocycles. The predicted molar refractivity (Wildman–Crippen MR) is 86.7 cm³/mol. The van der Waals surface area contributed by atoms with Crippen molar-refractivity contribution in [1.29, 1.82) is 0 Å². The zero-order valence-electron chi connectivity index (χ0n) is 13.6. The van der Waals surface area contributed by atoms with Crippen LogP contribution in [0.5, 0.6) is 0 Å². The molecule has 22 heavy (non-hydrogen) atoms. The fourth-order valence-electron chi connectivity index (χ4n) is 5.07. The van der Waals surface area contributed by atoms with Gasteiger partial charge in [0.25, 0.3) is 0 Å². The van der Waals surface area contributed by atoms with Crippen molar-refractivity contribution in [2.24, 2.45) is 11.3 Å². The smallest absolute Gasteiger partial charge is 0.103 e. The van der Waals surface area contributed by atoms with Crippen molar-refractivity contribution in [1.82, 2.24) is 5.32 Å². The Morgan fingerprint density at radius 2 is 2.14 bits per heavy atom. The van der Waals surface area contributed by atoms with Crippen molar-refractivity contribution in [3.8, 4) is 0 Å². The maximum atomic E-state index is 11.1. The Bertz CT molecular complexity index is 570. The van der Waals surface area contributed by atoms with Crippen molar-refractivity contribution >= 4 is 0 Å². The number of rotatable bonds is 3. The molecule has 3 nitrogen and oxygen atoms in total. The van der Waals surface area contributed by atoms with E-state index in [0.717, 1.165) is 25.0 Å². The van der Waals surface area contributed by atoms with Gasteiger partial charge < -0.3 is 15.2 Å². The van der Waals surface area contributed by atoms with Gasteiger partial charge in [0.2, 0.25) is 0 Å². The summed E-state index contributed by atoms with van der Waals surface area (Å²) < 4.78 is 5.97. The molecule has 4 atom stereocenters. The molecule has 3 aliphatic rings. The summed E-state index contributed by atoms with van der Waals surface area (Å²) in [4.78, 5) is 0. The number of fused-ring (bicyclic) bond motifs is 2. The number of hydrogen-bond donors (Lipinski definition) is 2. The third-order valence-corrected chi connectivity index (χ3v) is 6.27. The third-order valence-electron chi connectivity index (χ3n) is 6.27. The van der Waals surface area contributed by atoms with E-state index in [1.165, 1.54) is 18.4 Å². The van der Waals surface area contributed by atoms with E-state index in [2.05, 4.69) is 37.4 Å². The molecular formula is C19H27NO2. The highest BCUT2D eigenvalue weighted by atomic mass is 16.5. The van der Waals surface area contributed by atoms with Gasteiger partial charge in [0.15, 0.2) is 0 Å². The molecule has 4 rings (SSSR count). The largest absolute Gasteiger partial charge is 0.384 e. The van der Waals surface area contributed by atoms with Gasteiger partial charge in [-0.1, -0.05) is 38.1 Å². The number of aliphatic hydroxyl groups is 1. The van der Waals surface area contributed by atoms with Gasteiger partial charge in [-0.25, -0.2) is 0 Å². The maximum absolute atomic E-state index is 11.1. The first-order chi connectivity index (χ1) is 10.5. The summed E-state index contributed by atoms with van der Waals surface area (Å²) in [5.74, 6) is 0.615. The second kappa shape index (κ2) is 5.05. The van der Waals surface area contributed by atoms with Crippen LogP contribution in [-0.4, -0.2) is 30.4 Å². The first-order valence-electron chi connectivity index (χ1n) is 8.68. The fraction of sp³-hybridized carbons (Fsp3) is 0.684. The summed E-state index contributed by atoms with van der Waals surface area (Å²) >= 11 is 0. The van der Waals surface area contributed by atoms with Crippen LogP contribution in [0.2, 0.25) is 0 Å². The van der Waals surface area contributed by atoms with Crippen molar-refractivity contribution < 1.29 is 9.84 Å². The van der Waals surface area contributed by atoms with Gasteiger partial charge in [-0.15, -0.1) is 0 Å². The van der Waals surface area contributed by atoms with Crippen molar-refractivity contribution in [2.45, 2.75) is 57.3 Å². The van der Waals surface area contributed by atoms with E-state index in [0.29, 0.717) is 24.6 Å². The van der Waals surface area contributed by atoms with Gasteiger partial charge in [0, 0.05) is 30.5 Å². The minimum absolute atomic E-state index is 0.166. The quantitative estimate of drug-likeness (QED) is 0.902. The van der Waals surface area contributed by atoms with Crippen LogP contribution in [0.4, 0.5) is 0 Å². The van der Waals surface area contributed by atoms with Crippen molar-refractivity contribution in [2.75, 3.05) is 13.2 Å². The lowest BCUT2D eigenvalue weighted by Gasteiger charge is -2.60. The van der Waals surface area contributed by atoms with Gasteiger partial charge in [-0.2, -0.15) is 0 Å². The molecule has 0 radical (unpaired) electrons. The average molecular weight is 301 g/mol. The molecule has 3 heteroatoms. The second-order valence-electron chi connectivity index (χ2n) is 7.97. The molecule has 2 fully saturated rings. The molecule has 1 heterocycles. The molecule has 1 saturated carbocycles. The molecule has 120 valence electrons. The minimum atomic E-state index is -0.701. The maximum Gasteiger partial charge on any atom is 0.103 e. The monoisotopic (exact) mass is 301 g/mol. The molecule has 0 spiro atoms. The summed E-state index contributed by atoms with van der Waals surface area (Å²) in [6, 6.07) is 8.79. The fourth-order valence-corrected chi connectivity index (χ4v) is 5.07. The number of aryl methyl sites for hydroxylation is 1. The molecule has 2 N–H and O–H groups in total. The van der Waals surface area contributed by atoms with Gasteiger partial charge >= 0.3 is 0 Å². The van der Waals surface area contributed by atoms with Gasteiger partial charge in [-0.3, -0.25) is 0 Å². The van der Waals surface area contributed by atoms with Crippen LogP contribution >= 0.6 is 0 Å². The Labute approximate surface area is 133 Å². The SMILES string of the molecule is CC1(C)C(NCC2(O)CCc3ccccc32)C2CCCOC21. The highest BCUT2D eigenvalue weighted by Gasteiger charge is 2.58. The summed E-state index contributed by atoms with van der Waals surface area (Å²) in [7, 11) is 0. The zero-order valence-corrected chi connectivity index (χ0v) is 13.6. The van der Waals surface area contributed by atoms with Crippen LogP contribution in [0.1, 0.15) is 44.2 Å². The summed E-state index contributed by atoms with van der Waals surface area (Å²) in [6.45, 7) is 6.16. The Morgan fingerprint density at radius 3 is 3.00 bits per heavy atom. The number of hydrogen-bond acceptors (Lipinski definition) is 3. The minimum Gasteiger partial charge on any atom is -0.384 e. The van der Waals surface area contributed by atoms with Crippen molar-refractivity contribution in [3.05, 3.63) is 35.4 Å². The van der Waals surface area contributed by atoms with E-state index in [1.807, 2.05) is 6.07 Å². The molecule has 0 amide bonds. The van der Waals surface area contributed by atoms with E-state index in [4.69, 9.17) is 4.74 Å². The van der Waals surface area contributed by atoms with Crippen LogP contribution in [0, 0.1) is 11.3 Å². The molecule has 1 saturated heterocycles. The van der Waals surface area contributed by atoms with Gasteiger partial charge in [0.1, 0.15) is 5.60 Å². The van der Waals surface area contributed by atoms with E-state index >= 15 is 0 Å². The van der Waals surface area contributed by atoms with Crippen LogP contribution in [-0.2, 0) is 16.8 Å². The molecule has 1 aliphatic heterocycles. The Kier molecular flexibility index (Phi) is 3.37. The van der Waals surface area contributed by atoms with Crippen LogP contribution in [0.3, 0.4) is 0 Å². The third kappa shape index (κ3) is 2.06. The Morgan fingerprint density at radius 1 is 1.32 bits per heavy atom. The highest BCUT2D eigenvalue weighted by Crippen LogP contribution is 2.51. The van der Waals surface area contributed by atoms with E-state index in [9.17, 15) is 5.11 Å². The normalized spacial score (nSPS) is 39.0. The molecule has 1 aromatic rings. The summed E-state index contributed by atoms with van der Waals surface area (Å²) in [6.07, 6.45) is 4.63. The molecule has 0 bridgehead atoms. The van der Waals surface area contributed by atoms with Crippen molar-refractivity contribution in [3.63, 3.8) is 0 Å². The van der Waals surface area contributed by atoms with Crippen LogP contribution in [0.15, 0.2) is 24.3 Å². The summed E-state index contributed by atoms with van der Waals surface area (Å²) in [5, 5.41) is 14.8. The molecule has 4 unspecified atom stereocenters. The molecular weight excluding hydrogens is 274 g/mol. The van der Waals surface area contributed by atoms with E-state index in [1.54, 1.807) is 0 Å². The zero-order chi connectivity index (χ0) is 15.4. The van der Waals surface area contributed by atoms with Gasteiger partial charge in [-0.05, 0) is 36.8 Å². The lowest BCUT2D eigenvalue weighted by Crippen LogP contribution is -2.70. The molecule has 0 aromatic heterocycles. The predicted octanol–water partition coefficient (Wildman–Crippen LogP) is 2.61. The highest BCUT2D eigenvalue weighted by molar-refractivity contribution is 5.37. The molecule has 2 aliphatic carbocycles. The Hall–Kier alpha value is -0.900. The number of benzene rings is 1. The van der Waals surface area contributed by atoms with E-state index < -0.39 is 5.60 Å². The lowest BCUT2D eigenvalue weighted by atomic mass is 9.55. The first kappa shape index (κ1) is 14.7. The van der Waals surface area contributed by atoms with Crippen LogP contribution < -0.4 is 5.32 Å². The van der Waals surface area contributed by atoms with E-state index in [-0.39, 0.29) is 5.41 Å². The topological polar surface area (TPSA) is 41.5 Å². The number of nitrogens with one attached hydrogen (secondary N) is 1. The first-order valence-corrected chi connectivity index (χ1v) is 8.68. The standard InChI is InChI=1S/C19H27NO2/c1-18(2)16(14-7-5-11-22-17(14)18)20-12-19(21)10-9-13-6-3-4-8-15(13)19/h3-4,6,8,14,16-17,20-21H,5,7,9-12H2,1-2H3. The second-order valence-corrected chi connectivity index (χ2v) is 7.97. The Balaban J connectivity index is 1.47. The lowest BCUT2D eigenvalue weighted by molar-refractivity contribution is -0.194. The number of ether oxygens (including phenoxy) is 1. The summed E-state index contributed by atoms with van der Waals surface area (Å²) in [5.41, 5.74) is 1.89.